The van der Waals surface area contributed by atoms with E-state index in [2.05, 4.69) is 17.2 Å². The molecule has 2 aliphatic rings. The van der Waals surface area contributed by atoms with Crippen molar-refractivity contribution >= 4 is 42.2 Å². The summed E-state index contributed by atoms with van der Waals surface area (Å²) in [5.41, 5.74) is 1.08. The van der Waals surface area contributed by atoms with E-state index in [1.807, 2.05) is 0 Å². The zero-order valence-electron chi connectivity index (χ0n) is 18.1. The first-order chi connectivity index (χ1) is 15.0. The molecule has 1 aliphatic heterocycles. The number of carbonyl (C=O) groups excluding carboxylic acids is 1. The van der Waals surface area contributed by atoms with Gasteiger partial charge < -0.3 is 5.32 Å². The molecule has 1 N–H and O–H groups in total. The molecule has 0 saturated carbocycles. The van der Waals surface area contributed by atoms with Crippen molar-refractivity contribution in [3.63, 3.8) is 0 Å². The predicted molar refractivity (Wildman–Crippen MR) is 123 cm³/mol. The molecule has 11 heteroatoms. The Balaban J connectivity index is 1.39. The van der Waals surface area contributed by atoms with Crippen molar-refractivity contribution in [1.82, 2.24) is 9.29 Å². The van der Waals surface area contributed by atoms with Crippen LogP contribution < -0.4 is 5.32 Å². The maximum absolute atomic E-state index is 13.0. The first-order valence-corrected chi connectivity index (χ1v) is 14.8. The number of anilines is 1. The van der Waals surface area contributed by atoms with Gasteiger partial charge in [0, 0.05) is 30.1 Å². The Bertz CT molecular complexity index is 1230. The van der Waals surface area contributed by atoms with Gasteiger partial charge >= 0.3 is 0 Å². The van der Waals surface area contributed by atoms with Crippen LogP contribution in [0.1, 0.15) is 36.8 Å². The van der Waals surface area contributed by atoms with Gasteiger partial charge in [0.2, 0.25) is 15.9 Å². The minimum Gasteiger partial charge on any atom is -0.302 e. The summed E-state index contributed by atoms with van der Waals surface area (Å²) in [5, 5.41) is 3.55. The van der Waals surface area contributed by atoms with Gasteiger partial charge in [-0.05, 0) is 56.2 Å². The molecule has 4 rings (SSSR count). The molecule has 1 fully saturated rings. The van der Waals surface area contributed by atoms with Crippen molar-refractivity contribution < 1.29 is 21.6 Å². The van der Waals surface area contributed by atoms with Crippen LogP contribution in [0, 0.1) is 11.8 Å². The molecule has 1 aromatic heterocycles. The molecular weight excluding hydrogens is 470 g/mol. The normalized spacial score (nSPS) is 20.6. The molecule has 1 unspecified atom stereocenters. The van der Waals surface area contributed by atoms with Crippen molar-refractivity contribution in [2.75, 3.05) is 24.7 Å². The third-order valence-electron chi connectivity index (χ3n) is 6.11. The number of amides is 1. The molecule has 8 nitrogen and oxygen atoms in total. The number of aromatic nitrogens is 1. The Labute approximate surface area is 193 Å². The fraction of sp³-hybridized carbons (Fsp3) is 0.524. The van der Waals surface area contributed by atoms with Crippen LogP contribution in [0.2, 0.25) is 0 Å². The average Bonchev–Trinajstić information content (AvgIpc) is 3.14. The number of benzene rings is 1. The van der Waals surface area contributed by atoms with Crippen LogP contribution in [0.15, 0.2) is 34.1 Å². The van der Waals surface area contributed by atoms with Crippen molar-refractivity contribution in [2.45, 2.75) is 48.8 Å². The number of hydrogen-bond donors (Lipinski definition) is 1. The number of hydrogen-bond acceptors (Lipinski definition) is 7. The van der Waals surface area contributed by atoms with Crippen molar-refractivity contribution in [3.05, 3.63) is 34.8 Å². The summed E-state index contributed by atoms with van der Waals surface area (Å²) in [6.07, 6.45) is 4.91. The summed E-state index contributed by atoms with van der Waals surface area (Å²) >= 11 is 1.54. The van der Waals surface area contributed by atoms with Crippen molar-refractivity contribution in [1.29, 1.82) is 0 Å². The molecule has 2 aromatic rings. The molecule has 0 bridgehead atoms. The Morgan fingerprint density at radius 2 is 1.81 bits per heavy atom. The van der Waals surface area contributed by atoms with E-state index in [4.69, 9.17) is 0 Å². The maximum Gasteiger partial charge on any atom is 0.243 e. The lowest BCUT2D eigenvalue weighted by molar-refractivity contribution is -0.120. The SMILES string of the molecule is CC1CCc2nc(NC(=O)C3CCN(S(=O)(=O)c4cccc(S(C)(=O)=O)c4)CC3)sc2C1. The number of rotatable bonds is 5. The summed E-state index contributed by atoms with van der Waals surface area (Å²) in [6, 6.07) is 5.39. The highest BCUT2D eigenvalue weighted by Gasteiger charge is 2.33. The van der Waals surface area contributed by atoms with Crippen LogP contribution in [0.5, 0.6) is 0 Å². The Morgan fingerprint density at radius 1 is 1.12 bits per heavy atom. The summed E-state index contributed by atoms with van der Waals surface area (Å²) in [7, 11) is -7.34. The maximum atomic E-state index is 13.0. The highest BCUT2D eigenvalue weighted by molar-refractivity contribution is 7.91. The second-order valence-electron chi connectivity index (χ2n) is 8.65. The van der Waals surface area contributed by atoms with Gasteiger partial charge in [0.15, 0.2) is 15.0 Å². The average molecular weight is 498 g/mol. The third-order valence-corrected chi connectivity index (χ3v) is 10.2. The molecule has 1 saturated heterocycles. The van der Waals surface area contributed by atoms with E-state index in [0.29, 0.717) is 23.9 Å². The Hall–Kier alpha value is -1.82. The fourth-order valence-corrected chi connectivity index (χ4v) is 7.61. The number of nitrogens with one attached hydrogen (secondary N) is 1. The van der Waals surface area contributed by atoms with E-state index in [1.165, 1.54) is 44.8 Å². The fourth-order valence-electron chi connectivity index (χ4n) is 4.17. The summed E-state index contributed by atoms with van der Waals surface area (Å²) in [6.45, 7) is 2.63. The van der Waals surface area contributed by atoms with E-state index in [9.17, 15) is 21.6 Å². The standard InChI is InChI=1S/C21H27N3O5S3/c1-14-6-7-18-19(12-14)30-21(22-18)23-20(25)15-8-10-24(11-9-15)32(28,29)17-5-3-4-16(13-17)31(2,26)27/h3-5,13-15H,6-12H2,1-2H3,(H,22,23,25). The molecule has 174 valence electrons. The van der Waals surface area contributed by atoms with E-state index in [1.54, 1.807) is 0 Å². The topological polar surface area (TPSA) is 114 Å². The smallest absolute Gasteiger partial charge is 0.243 e. The highest BCUT2D eigenvalue weighted by atomic mass is 32.2. The molecule has 1 aromatic carbocycles. The first kappa shape index (κ1) is 23.3. The van der Waals surface area contributed by atoms with Crippen LogP contribution >= 0.6 is 11.3 Å². The number of aryl methyl sites for hydroxylation is 1. The Kier molecular flexibility index (Phi) is 6.45. The molecule has 32 heavy (non-hydrogen) atoms. The second-order valence-corrected chi connectivity index (χ2v) is 13.7. The van der Waals surface area contributed by atoms with Gasteiger partial charge in [-0.1, -0.05) is 13.0 Å². The summed E-state index contributed by atoms with van der Waals surface area (Å²) in [4.78, 5) is 18.5. The number of fused-ring (bicyclic) bond motifs is 1. The van der Waals surface area contributed by atoms with E-state index < -0.39 is 19.9 Å². The molecule has 1 amide bonds. The van der Waals surface area contributed by atoms with Crippen LogP contribution in [0.4, 0.5) is 5.13 Å². The molecular formula is C21H27N3O5S3. The highest BCUT2D eigenvalue weighted by Crippen LogP contribution is 2.33. The third kappa shape index (κ3) is 4.90. The Morgan fingerprint density at radius 3 is 2.50 bits per heavy atom. The van der Waals surface area contributed by atoms with Crippen molar-refractivity contribution in [2.24, 2.45) is 11.8 Å². The van der Waals surface area contributed by atoms with Crippen LogP contribution in [-0.4, -0.2) is 51.4 Å². The molecule has 1 aliphatic carbocycles. The van der Waals surface area contributed by atoms with Crippen LogP contribution in [0.25, 0.3) is 0 Å². The largest absolute Gasteiger partial charge is 0.302 e. The van der Waals surface area contributed by atoms with Crippen LogP contribution in [0.3, 0.4) is 0 Å². The number of piperidine rings is 1. The zero-order chi connectivity index (χ0) is 23.1. The van der Waals surface area contributed by atoms with Gasteiger partial charge in [0.25, 0.3) is 0 Å². The van der Waals surface area contributed by atoms with E-state index in [0.717, 1.165) is 31.2 Å². The van der Waals surface area contributed by atoms with Gasteiger partial charge in [0.05, 0.1) is 15.5 Å². The van der Waals surface area contributed by atoms with Gasteiger partial charge in [0.1, 0.15) is 0 Å². The molecule has 1 atom stereocenters. The van der Waals surface area contributed by atoms with E-state index >= 15 is 0 Å². The van der Waals surface area contributed by atoms with Crippen LogP contribution in [-0.2, 0) is 37.5 Å². The lowest BCUT2D eigenvalue weighted by Crippen LogP contribution is -2.41. The van der Waals surface area contributed by atoms with Gasteiger partial charge in [-0.3, -0.25) is 4.79 Å². The minimum absolute atomic E-state index is 0.0339. The van der Waals surface area contributed by atoms with Gasteiger partial charge in [-0.2, -0.15) is 4.31 Å². The quantitative estimate of drug-likeness (QED) is 0.680. The lowest BCUT2D eigenvalue weighted by atomic mass is 9.93. The predicted octanol–water partition coefficient (Wildman–Crippen LogP) is 2.71. The first-order valence-electron chi connectivity index (χ1n) is 10.6. The second kappa shape index (κ2) is 8.85. The number of nitrogens with zero attached hydrogens (tertiary/aromatic N) is 2. The summed E-state index contributed by atoms with van der Waals surface area (Å²) < 4.78 is 50.9. The number of carbonyl (C=O) groups is 1. The number of thiazole rings is 1. The van der Waals surface area contributed by atoms with Gasteiger partial charge in [-0.25, -0.2) is 21.8 Å². The number of sulfonamides is 1. The molecule has 2 heterocycles. The monoisotopic (exact) mass is 497 g/mol. The molecule has 0 radical (unpaired) electrons. The summed E-state index contributed by atoms with van der Waals surface area (Å²) in [5.74, 6) is 0.222. The van der Waals surface area contributed by atoms with Crippen molar-refractivity contribution in [3.8, 4) is 0 Å². The lowest BCUT2D eigenvalue weighted by Gasteiger charge is -2.30. The zero-order valence-corrected chi connectivity index (χ0v) is 20.5. The van der Waals surface area contributed by atoms with E-state index in [-0.39, 0.29) is 34.7 Å². The van der Waals surface area contributed by atoms with Gasteiger partial charge in [-0.15, -0.1) is 11.3 Å². The molecule has 0 spiro atoms. The minimum atomic E-state index is -3.83. The number of sulfone groups is 1.